The molecule has 1 atom stereocenters. The number of thiazole rings is 2. The molecule has 0 saturated heterocycles. The molecule has 1 unspecified atom stereocenters. The molecule has 2 N–H and O–H groups in total. The van der Waals surface area contributed by atoms with Gasteiger partial charge in [0.15, 0.2) is 0 Å². The second-order valence-corrected chi connectivity index (χ2v) is 6.93. The molecule has 0 aliphatic heterocycles. The van der Waals surface area contributed by atoms with Crippen LogP contribution in [0.3, 0.4) is 0 Å². The number of rotatable bonds is 5. The zero-order valence-electron chi connectivity index (χ0n) is 11.8. The largest absolute Gasteiger partial charge is 0.327 e. The maximum absolute atomic E-state index is 6.23. The van der Waals surface area contributed by atoms with Crippen LogP contribution < -0.4 is 5.73 Å². The predicted octanol–water partition coefficient (Wildman–Crippen LogP) is 3.69. The average molecular weight is 315 g/mol. The van der Waals surface area contributed by atoms with E-state index in [-0.39, 0.29) is 6.04 Å². The quantitative estimate of drug-likeness (QED) is 0.781. The van der Waals surface area contributed by atoms with Crippen LogP contribution in [-0.2, 0) is 12.8 Å². The lowest BCUT2D eigenvalue weighted by Gasteiger charge is -2.07. The van der Waals surface area contributed by atoms with Crippen molar-refractivity contribution in [1.82, 2.24) is 9.97 Å². The van der Waals surface area contributed by atoms with Gasteiger partial charge >= 0.3 is 0 Å². The fourth-order valence-corrected chi connectivity index (χ4v) is 3.93. The molecule has 0 amide bonds. The van der Waals surface area contributed by atoms with E-state index in [0.717, 1.165) is 39.8 Å². The van der Waals surface area contributed by atoms with E-state index in [2.05, 4.69) is 32.9 Å². The standard InChI is InChI=1S/C16H17N3S2/c1-11-9-20-15(18-11)7-13(17)8-16-19-14(10-21-16)12-5-3-2-4-6-12/h2-6,9-10,13H,7-8,17H2,1H3. The molecule has 108 valence electrons. The number of aryl methyl sites for hydroxylation is 1. The van der Waals surface area contributed by atoms with E-state index in [9.17, 15) is 0 Å². The SMILES string of the molecule is Cc1csc(CC(N)Cc2nc(-c3ccccc3)cs2)n1. The first-order valence-electron chi connectivity index (χ1n) is 6.87. The Morgan fingerprint density at radius 1 is 1.00 bits per heavy atom. The number of nitrogens with two attached hydrogens (primary N) is 1. The van der Waals surface area contributed by atoms with Crippen molar-refractivity contribution in [3.8, 4) is 11.3 Å². The summed E-state index contributed by atoms with van der Waals surface area (Å²) in [6.07, 6.45) is 1.62. The molecule has 0 aliphatic carbocycles. The predicted molar refractivity (Wildman–Crippen MR) is 89.8 cm³/mol. The van der Waals surface area contributed by atoms with Gasteiger partial charge in [0.1, 0.15) is 0 Å². The highest BCUT2D eigenvalue weighted by Gasteiger charge is 2.11. The topological polar surface area (TPSA) is 51.8 Å². The van der Waals surface area contributed by atoms with Crippen molar-refractivity contribution < 1.29 is 0 Å². The van der Waals surface area contributed by atoms with Crippen LogP contribution in [-0.4, -0.2) is 16.0 Å². The van der Waals surface area contributed by atoms with Crippen molar-refractivity contribution in [3.63, 3.8) is 0 Å². The molecule has 1 aromatic carbocycles. The third kappa shape index (κ3) is 3.75. The molecule has 21 heavy (non-hydrogen) atoms. The Bertz CT molecular complexity index is 703. The molecule has 0 spiro atoms. The number of hydrogen-bond acceptors (Lipinski definition) is 5. The smallest absolute Gasteiger partial charge is 0.0948 e. The summed E-state index contributed by atoms with van der Waals surface area (Å²) >= 11 is 3.36. The highest BCUT2D eigenvalue weighted by atomic mass is 32.1. The van der Waals surface area contributed by atoms with E-state index >= 15 is 0 Å². The Morgan fingerprint density at radius 3 is 2.33 bits per heavy atom. The van der Waals surface area contributed by atoms with Crippen molar-refractivity contribution in [2.45, 2.75) is 25.8 Å². The summed E-state index contributed by atoms with van der Waals surface area (Å²) in [6, 6.07) is 10.3. The van der Waals surface area contributed by atoms with Crippen LogP contribution >= 0.6 is 22.7 Å². The lowest BCUT2D eigenvalue weighted by atomic mass is 10.1. The molecular formula is C16H17N3S2. The second kappa shape index (κ2) is 6.47. The number of aromatic nitrogens is 2. The number of hydrogen-bond donors (Lipinski definition) is 1. The normalized spacial score (nSPS) is 12.5. The fourth-order valence-electron chi connectivity index (χ4n) is 2.16. The molecule has 0 fully saturated rings. The monoisotopic (exact) mass is 315 g/mol. The van der Waals surface area contributed by atoms with Crippen LogP contribution in [0, 0.1) is 6.92 Å². The summed E-state index contributed by atoms with van der Waals surface area (Å²) < 4.78 is 0. The summed E-state index contributed by atoms with van der Waals surface area (Å²) in [4.78, 5) is 9.16. The van der Waals surface area contributed by atoms with E-state index in [1.165, 1.54) is 0 Å². The van der Waals surface area contributed by atoms with Crippen LogP contribution in [0.2, 0.25) is 0 Å². The summed E-state index contributed by atoms with van der Waals surface area (Å²) in [5.74, 6) is 0. The molecule has 3 aromatic rings. The van der Waals surface area contributed by atoms with E-state index in [4.69, 9.17) is 5.73 Å². The van der Waals surface area contributed by atoms with Gasteiger partial charge in [0.2, 0.25) is 0 Å². The van der Waals surface area contributed by atoms with Gasteiger partial charge in [-0.1, -0.05) is 30.3 Å². The molecule has 3 nitrogen and oxygen atoms in total. The summed E-state index contributed by atoms with van der Waals surface area (Å²) in [7, 11) is 0. The average Bonchev–Trinajstić information content (AvgIpc) is 3.09. The van der Waals surface area contributed by atoms with Crippen molar-refractivity contribution in [1.29, 1.82) is 0 Å². The lowest BCUT2D eigenvalue weighted by Crippen LogP contribution is -2.25. The fraction of sp³-hybridized carbons (Fsp3) is 0.250. The first kappa shape index (κ1) is 14.4. The van der Waals surface area contributed by atoms with Gasteiger partial charge in [-0.15, -0.1) is 22.7 Å². The van der Waals surface area contributed by atoms with E-state index in [1.54, 1.807) is 22.7 Å². The minimum Gasteiger partial charge on any atom is -0.327 e. The molecular weight excluding hydrogens is 298 g/mol. The summed E-state index contributed by atoms with van der Waals surface area (Å²) in [5, 5.41) is 6.37. The van der Waals surface area contributed by atoms with Gasteiger partial charge < -0.3 is 5.73 Å². The van der Waals surface area contributed by atoms with Crippen LogP contribution in [0.25, 0.3) is 11.3 Å². The first-order valence-corrected chi connectivity index (χ1v) is 8.63. The van der Waals surface area contributed by atoms with E-state index in [1.807, 2.05) is 25.1 Å². The van der Waals surface area contributed by atoms with Crippen LogP contribution in [0.5, 0.6) is 0 Å². The first-order chi connectivity index (χ1) is 10.2. The number of nitrogens with zero attached hydrogens (tertiary/aromatic N) is 2. The number of benzene rings is 1. The molecule has 2 heterocycles. The highest BCUT2D eigenvalue weighted by molar-refractivity contribution is 7.10. The molecule has 3 rings (SSSR count). The van der Waals surface area contributed by atoms with Gasteiger partial charge in [0.05, 0.1) is 15.7 Å². The summed E-state index contributed by atoms with van der Waals surface area (Å²) in [5.41, 5.74) is 9.49. The molecule has 0 radical (unpaired) electrons. The van der Waals surface area contributed by atoms with Gasteiger partial charge in [-0.3, -0.25) is 0 Å². The molecule has 0 aliphatic rings. The van der Waals surface area contributed by atoms with Crippen molar-refractivity contribution in [2.24, 2.45) is 5.73 Å². The summed E-state index contributed by atoms with van der Waals surface area (Å²) in [6.45, 7) is 2.01. The molecule has 5 heteroatoms. The zero-order chi connectivity index (χ0) is 14.7. The third-order valence-electron chi connectivity index (χ3n) is 3.16. The highest BCUT2D eigenvalue weighted by Crippen LogP contribution is 2.22. The van der Waals surface area contributed by atoms with Gasteiger partial charge in [-0.25, -0.2) is 9.97 Å². The Balaban J connectivity index is 1.64. The van der Waals surface area contributed by atoms with Gasteiger partial charge in [-0.05, 0) is 6.92 Å². The molecule has 0 saturated carbocycles. The minimum absolute atomic E-state index is 0.0744. The molecule has 2 aromatic heterocycles. The van der Waals surface area contributed by atoms with Crippen LogP contribution in [0.4, 0.5) is 0 Å². The van der Waals surface area contributed by atoms with Crippen LogP contribution in [0.1, 0.15) is 15.7 Å². The third-order valence-corrected chi connectivity index (χ3v) is 5.02. The van der Waals surface area contributed by atoms with Crippen LogP contribution in [0.15, 0.2) is 41.1 Å². The second-order valence-electron chi connectivity index (χ2n) is 5.04. The zero-order valence-corrected chi connectivity index (χ0v) is 13.5. The maximum Gasteiger partial charge on any atom is 0.0948 e. The van der Waals surface area contributed by atoms with Gasteiger partial charge in [0, 0.05) is 40.9 Å². The van der Waals surface area contributed by atoms with E-state index in [0.29, 0.717) is 0 Å². The Morgan fingerprint density at radius 2 is 1.67 bits per heavy atom. The van der Waals surface area contributed by atoms with Crippen molar-refractivity contribution >= 4 is 22.7 Å². The van der Waals surface area contributed by atoms with Gasteiger partial charge in [0.25, 0.3) is 0 Å². The van der Waals surface area contributed by atoms with Crippen molar-refractivity contribution in [3.05, 3.63) is 56.8 Å². The maximum atomic E-state index is 6.23. The van der Waals surface area contributed by atoms with Crippen molar-refractivity contribution in [2.75, 3.05) is 0 Å². The Labute approximate surface area is 132 Å². The van der Waals surface area contributed by atoms with Gasteiger partial charge in [-0.2, -0.15) is 0 Å². The Kier molecular flexibility index (Phi) is 4.43. The lowest BCUT2D eigenvalue weighted by molar-refractivity contribution is 0.659. The minimum atomic E-state index is 0.0744. The van der Waals surface area contributed by atoms with E-state index < -0.39 is 0 Å². The Hall–Kier alpha value is -1.56. The molecule has 0 bridgehead atoms.